The van der Waals surface area contributed by atoms with E-state index < -0.39 is 0 Å². The van der Waals surface area contributed by atoms with Gasteiger partial charge in [-0.2, -0.15) is 0 Å². The molecule has 2 rings (SSSR count). The quantitative estimate of drug-likeness (QED) is 0.855. The number of likely N-dealkylation sites (N-methyl/N-ethyl adjacent to an activating group) is 1. The van der Waals surface area contributed by atoms with Crippen molar-refractivity contribution in [2.24, 2.45) is 0 Å². The minimum absolute atomic E-state index is 0.204. The molecule has 0 saturated carbocycles. The van der Waals surface area contributed by atoms with Gasteiger partial charge in [0.1, 0.15) is 0 Å². The van der Waals surface area contributed by atoms with Crippen LogP contribution in [0.1, 0.15) is 12.5 Å². The highest BCUT2D eigenvalue weighted by atomic mass is 15.1. The average molecular weight is 247 g/mol. The lowest BCUT2D eigenvalue weighted by Gasteiger charge is -2.32. The van der Waals surface area contributed by atoms with Gasteiger partial charge in [-0.25, -0.2) is 0 Å². The maximum atomic E-state index is 3.55. The summed E-state index contributed by atoms with van der Waals surface area (Å²) in [6, 6.07) is 8.98. The summed E-state index contributed by atoms with van der Waals surface area (Å²) in [6.07, 6.45) is 0. The first-order valence-corrected chi connectivity index (χ1v) is 6.68. The Morgan fingerprint density at radius 3 is 2.50 bits per heavy atom. The highest BCUT2D eigenvalue weighted by Gasteiger charge is 2.29. The zero-order valence-electron chi connectivity index (χ0n) is 12.0. The number of nitrogens with one attached hydrogen (secondary N) is 1. The molecular weight excluding hydrogens is 222 g/mol. The molecule has 1 fully saturated rings. The number of nitrogens with zero attached hydrogens (tertiary/aromatic N) is 2. The molecule has 18 heavy (non-hydrogen) atoms. The lowest BCUT2D eigenvalue weighted by molar-refractivity contribution is 0.290. The van der Waals surface area contributed by atoms with E-state index in [-0.39, 0.29) is 5.41 Å². The smallest absolute Gasteiger partial charge is 0.0361 e. The predicted octanol–water partition coefficient (Wildman–Crippen LogP) is 1.55. The van der Waals surface area contributed by atoms with Crippen LogP contribution in [0.3, 0.4) is 0 Å². The summed E-state index contributed by atoms with van der Waals surface area (Å²) in [5.74, 6) is 0. The van der Waals surface area contributed by atoms with E-state index in [0.717, 1.165) is 26.2 Å². The van der Waals surface area contributed by atoms with Gasteiger partial charge in [0, 0.05) is 51.4 Å². The molecule has 0 amide bonds. The molecule has 1 N–H and O–H groups in total. The van der Waals surface area contributed by atoms with Crippen molar-refractivity contribution in [2.75, 3.05) is 52.2 Å². The second-order valence-electron chi connectivity index (χ2n) is 5.92. The van der Waals surface area contributed by atoms with Crippen LogP contribution in [0, 0.1) is 0 Å². The normalized spacial score (nSPS) is 25.8. The third-order valence-electron chi connectivity index (χ3n) is 3.88. The minimum atomic E-state index is 0.204. The monoisotopic (exact) mass is 247 g/mol. The Hall–Kier alpha value is -1.06. The molecule has 1 aliphatic rings. The van der Waals surface area contributed by atoms with E-state index in [1.54, 1.807) is 0 Å². The fourth-order valence-corrected chi connectivity index (χ4v) is 2.72. The molecule has 0 aliphatic carbocycles. The van der Waals surface area contributed by atoms with Crippen LogP contribution >= 0.6 is 0 Å². The Kier molecular flexibility index (Phi) is 3.93. The molecule has 0 spiro atoms. The van der Waals surface area contributed by atoms with Crippen LogP contribution in [0.5, 0.6) is 0 Å². The first kappa shape index (κ1) is 13.4. The van der Waals surface area contributed by atoms with E-state index in [9.17, 15) is 0 Å². The molecule has 0 aromatic heterocycles. The zero-order chi connectivity index (χ0) is 13.2. The number of hydrogen-bond acceptors (Lipinski definition) is 3. The van der Waals surface area contributed by atoms with E-state index in [2.05, 4.69) is 67.4 Å². The molecule has 1 unspecified atom stereocenters. The van der Waals surface area contributed by atoms with Crippen molar-refractivity contribution >= 4 is 5.69 Å². The van der Waals surface area contributed by atoms with Crippen LogP contribution in [0.25, 0.3) is 0 Å². The molecule has 1 aliphatic heterocycles. The molecule has 0 bridgehead atoms. The van der Waals surface area contributed by atoms with E-state index in [0.29, 0.717) is 0 Å². The first-order valence-electron chi connectivity index (χ1n) is 6.68. The van der Waals surface area contributed by atoms with E-state index >= 15 is 0 Å². The van der Waals surface area contributed by atoms with Gasteiger partial charge in [0.15, 0.2) is 0 Å². The van der Waals surface area contributed by atoms with Crippen molar-refractivity contribution in [2.45, 2.75) is 12.3 Å². The van der Waals surface area contributed by atoms with Crippen molar-refractivity contribution in [1.29, 1.82) is 0 Å². The Morgan fingerprint density at radius 1 is 1.22 bits per heavy atom. The summed E-state index contributed by atoms with van der Waals surface area (Å²) < 4.78 is 0. The van der Waals surface area contributed by atoms with Gasteiger partial charge in [0.05, 0.1) is 0 Å². The van der Waals surface area contributed by atoms with Crippen LogP contribution in [0.2, 0.25) is 0 Å². The van der Waals surface area contributed by atoms with Crippen molar-refractivity contribution < 1.29 is 0 Å². The Labute approximate surface area is 111 Å². The second kappa shape index (κ2) is 5.29. The highest BCUT2D eigenvalue weighted by Crippen LogP contribution is 2.27. The Morgan fingerprint density at radius 2 is 1.89 bits per heavy atom. The second-order valence-corrected chi connectivity index (χ2v) is 5.92. The molecule has 100 valence electrons. The third kappa shape index (κ3) is 2.85. The standard InChI is InChI=1S/C15H25N3/c1-15(11-16-9-10-18(4)12-15)13-5-7-14(8-6-13)17(2)3/h5-8,16H,9-12H2,1-4H3. The van der Waals surface area contributed by atoms with Gasteiger partial charge in [-0.05, 0) is 24.7 Å². The van der Waals surface area contributed by atoms with Gasteiger partial charge in [-0.3, -0.25) is 0 Å². The van der Waals surface area contributed by atoms with Crippen LogP contribution < -0.4 is 10.2 Å². The van der Waals surface area contributed by atoms with Crippen molar-refractivity contribution in [3.63, 3.8) is 0 Å². The van der Waals surface area contributed by atoms with Gasteiger partial charge in [0.25, 0.3) is 0 Å². The molecular formula is C15H25N3. The molecule has 1 aromatic carbocycles. The topological polar surface area (TPSA) is 18.5 Å². The summed E-state index contributed by atoms with van der Waals surface area (Å²) in [4.78, 5) is 4.56. The molecule has 3 heteroatoms. The summed E-state index contributed by atoms with van der Waals surface area (Å²) in [7, 11) is 6.37. The van der Waals surface area contributed by atoms with Gasteiger partial charge >= 0.3 is 0 Å². The van der Waals surface area contributed by atoms with Crippen molar-refractivity contribution in [3.8, 4) is 0 Å². The first-order chi connectivity index (χ1) is 8.51. The Bertz CT molecular complexity index is 385. The van der Waals surface area contributed by atoms with Gasteiger partial charge in [0.2, 0.25) is 0 Å². The maximum absolute atomic E-state index is 3.55. The van der Waals surface area contributed by atoms with E-state index in [4.69, 9.17) is 0 Å². The third-order valence-corrected chi connectivity index (χ3v) is 3.88. The van der Waals surface area contributed by atoms with Crippen LogP contribution in [-0.2, 0) is 5.41 Å². The van der Waals surface area contributed by atoms with E-state index in [1.165, 1.54) is 11.3 Å². The number of anilines is 1. The molecule has 1 saturated heterocycles. The van der Waals surface area contributed by atoms with Gasteiger partial charge < -0.3 is 15.1 Å². The summed E-state index contributed by atoms with van der Waals surface area (Å²) >= 11 is 0. The maximum Gasteiger partial charge on any atom is 0.0361 e. The summed E-state index contributed by atoms with van der Waals surface area (Å²) in [5, 5.41) is 3.55. The molecule has 0 radical (unpaired) electrons. The lowest BCUT2D eigenvalue weighted by Crippen LogP contribution is -2.39. The largest absolute Gasteiger partial charge is 0.378 e. The lowest BCUT2D eigenvalue weighted by atomic mass is 9.82. The van der Waals surface area contributed by atoms with Crippen LogP contribution in [0.15, 0.2) is 24.3 Å². The fourth-order valence-electron chi connectivity index (χ4n) is 2.72. The predicted molar refractivity (Wildman–Crippen MR) is 78.5 cm³/mol. The number of benzene rings is 1. The molecule has 1 aromatic rings. The minimum Gasteiger partial charge on any atom is -0.378 e. The van der Waals surface area contributed by atoms with Crippen LogP contribution in [-0.4, -0.2) is 52.2 Å². The molecule has 3 nitrogen and oxygen atoms in total. The molecule has 1 atom stereocenters. The number of rotatable bonds is 2. The number of hydrogen-bond donors (Lipinski definition) is 1. The van der Waals surface area contributed by atoms with Gasteiger partial charge in [-0.1, -0.05) is 19.1 Å². The zero-order valence-corrected chi connectivity index (χ0v) is 12.0. The summed E-state index contributed by atoms with van der Waals surface area (Å²) in [5.41, 5.74) is 2.89. The van der Waals surface area contributed by atoms with Crippen molar-refractivity contribution in [3.05, 3.63) is 29.8 Å². The average Bonchev–Trinajstić information content (AvgIpc) is 2.51. The SMILES string of the molecule is CN1CCNCC(C)(c2ccc(N(C)C)cc2)C1. The Balaban J connectivity index is 2.22. The highest BCUT2D eigenvalue weighted by molar-refractivity contribution is 5.47. The fraction of sp³-hybridized carbons (Fsp3) is 0.600. The summed E-state index contributed by atoms with van der Waals surface area (Å²) in [6.45, 7) is 6.74. The van der Waals surface area contributed by atoms with Crippen molar-refractivity contribution in [1.82, 2.24) is 10.2 Å². The van der Waals surface area contributed by atoms with Crippen LogP contribution in [0.4, 0.5) is 5.69 Å². The molecule has 1 heterocycles. The van der Waals surface area contributed by atoms with Gasteiger partial charge in [-0.15, -0.1) is 0 Å². The van der Waals surface area contributed by atoms with E-state index in [1.807, 2.05) is 0 Å².